The van der Waals surface area contributed by atoms with E-state index in [9.17, 15) is 9.59 Å². The standard InChI is InChI=1S/C26H29N3O2/c1-16-6-5-7-17-14-18(15-20(16)17)23-21-22(25(31)28-24(21)30)26(10-12-27-13-11-26)29(23)19-8-3-2-4-9-19/h2-9,18,21-23,27H,10-15H2,1H3,(H,28,30,31). The van der Waals surface area contributed by atoms with E-state index in [-0.39, 0.29) is 35.2 Å². The molecule has 3 saturated heterocycles. The Labute approximate surface area is 183 Å². The molecule has 4 atom stereocenters. The zero-order valence-electron chi connectivity index (χ0n) is 17.9. The number of carbonyl (C=O) groups excluding carboxylic acids is 2. The highest BCUT2D eigenvalue weighted by atomic mass is 16.2. The van der Waals surface area contributed by atoms with E-state index in [1.165, 1.54) is 16.7 Å². The van der Waals surface area contributed by atoms with E-state index in [1.54, 1.807) is 0 Å². The predicted molar refractivity (Wildman–Crippen MR) is 120 cm³/mol. The summed E-state index contributed by atoms with van der Waals surface area (Å²) in [5, 5.41) is 6.20. The highest BCUT2D eigenvalue weighted by Gasteiger charge is 2.67. The van der Waals surface area contributed by atoms with Crippen molar-refractivity contribution in [2.45, 2.75) is 44.2 Å². The van der Waals surface area contributed by atoms with Crippen molar-refractivity contribution >= 4 is 17.5 Å². The van der Waals surface area contributed by atoms with E-state index >= 15 is 0 Å². The first kappa shape index (κ1) is 19.1. The minimum Gasteiger partial charge on any atom is -0.361 e. The van der Waals surface area contributed by atoms with Crippen LogP contribution in [0.3, 0.4) is 0 Å². The van der Waals surface area contributed by atoms with E-state index < -0.39 is 0 Å². The summed E-state index contributed by atoms with van der Waals surface area (Å²) in [6.07, 6.45) is 3.73. The monoisotopic (exact) mass is 415 g/mol. The molecular weight excluding hydrogens is 386 g/mol. The average molecular weight is 416 g/mol. The molecule has 0 bridgehead atoms. The number of anilines is 1. The number of fused-ring (bicyclic) bond motifs is 3. The molecule has 0 aromatic heterocycles. The summed E-state index contributed by atoms with van der Waals surface area (Å²) in [6, 6.07) is 17.1. The molecule has 5 heteroatoms. The summed E-state index contributed by atoms with van der Waals surface area (Å²) in [7, 11) is 0. The zero-order chi connectivity index (χ0) is 21.2. The zero-order valence-corrected chi connectivity index (χ0v) is 17.9. The summed E-state index contributed by atoms with van der Waals surface area (Å²) in [5.41, 5.74) is 5.03. The second kappa shape index (κ2) is 6.92. The van der Waals surface area contributed by atoms with Gasteiger partial charge in [0.1, 0.15) is 0 Å². The van der Waals surface area contributed by atoms with E-state index in [1.807, 2.05) is 6.07 Å². The Balaban J connectivity index is 1.50. The van der Waals surface area contributed by atoms with E-state index in [0.29, 0.717) is 5.92 Å². The molecule has 0 radical (unpaired) electrons. The van der Waals surface area contributed by atoms with Crippen molar-refractivity contribution in [1.82, 2.24) is 10.6 Å². The molecule has 5 nitrogen and oxygen atoms in total. The van der Waals surface area contributed by atoms with Gasteiger partial charge < -0.3 is 10.2 Å². The SMILES string of the molecule is Cc1cccc2c1CC(C1C3C(=O)NC(=O)C3C3(CCNCC3)N1c1ccccc1)C2. The average Bonchev–Trinajstić information content (AvgIpc) is 3.42. The van der Waals surface area contributed by atoms with Gasteiger partial charge in [-0.25, -0.2) is 0 Å². The van der Waals surface area contributed by atoms with E-state index in [0.717, 1.165) is 44.5 Å². The van der Waals surface area contributed by atoms with Crippen molar-refractivity contribution in [1.29, 1.82) is 0 Å². The molecule has 2 aromatic rings. The molecule has 1 aliphatic carbocycles. The normalized spacial score (nSPS) is 31.1. The van der Waals surface area contributed by atoms with Crippen molar-refractivity contribution in [2.75, 3.05) is 18.0 Å². The highest BCUT2D eigenvalue weighted by Crippen LogP contribution is 2.55. The number of hydrogen-bond donors (Lipinski definition) is 2. The number of hydrogen-bond acceptors (Lipinski definition) is 4. The van der Waals surface area contributed by atoms with Crippen molar-refractivity contribution in [3.8, 4) is 0 Å². The highest BCUT2D eigenvalue weighted by molar-refractivity contribution is 6.07. The Bertz CT molecular complexity index is 1040. The van der Waals surface area contributed by atoms with Crippen LogP contribution in [0.4, 0.5) is 5.69 Å². The van der Waals surface area contributed by atoms with Gasteiger partial charge in [-0.3, -0.25) is 14.9 Å². The smallest absolute Gasteiger partial charge is 0.232 e. The number of benzene rings is 2. The molecule has 3 fully saturated rings. The third kappa shape index (κ3) is 2.65. The predicted octanol–water partition coefficient (Wildman–Crippen LogP) is 2.61. The van der Waals surface area contributed by atoms with Crippen molar-refractivity contribution in [3.63, 3.8) is 0 Å². The second-order valence-electron chi connectivity index (χ2n) is 9.79. The van der Waals surface area contributed by atoms with Gasteiger partial charge in [0.15, 0.2) is 0 Å². The third-order valence-electron chi connectivity index (χ3n) is 8.36. The summed E-state index contributed by atoms with van der Waals surface area (Å²) >= 11 is 0. The molecule has 160 valence electrons. The van der Waals surface area contributed by atoms with Crippen LogP contribution in [0, 0.1) is 24.7 Å². The van der Waals surface area contributed by atoms with Gasteiger partial charge in [0.05, 0.1) is 17.4 Å². The lowest BCUT2D eigenvalue weighted by molar-refractivity contribution is -0.127. The first-order valence-corrected chi connectivity index (χ1v) is 11.6. The number of imide groups is 1. The number of aryl methyl sites for hydroxylation is 1. The molecule has 1 spiro atoms. The first-order valence-electron chi connectivity index (χ1n) is 11.6. The molecule has 3 aliphatic heterocycles. The topological polar surface area (TPSA) is 61.4 Å². The molecule has 4 aliphatic rings. The van der Waals surface area contributed by atoms with Gasteiger partial charge in [0.25, 0.3) is 0 Å². The number of rotatable bonds is 2. The summed E-state index contributed by atoms with van der Waals surface area (Å²) < 4.78 is 0. The molecule has 2 amide bonds. The third-order valence-corrected chi connectivity index (χ3v) is 8.36. The van der Waals surface area contributed by atoms with Gasteiger partial charge in [-0.2, -0.15) is 0 Å². The maximum absolute atomic E-state index is 13.2. The lowest BCUT2D eigenvalue weighted by Gasteiger charge is -2.48. The maximum atomic E-state index is 13.2. The fourth-order valence-corrected chi connectivity index (χ4v) is 7.17. The van der Waals surface area contributed by atoms with Gasteiger partial charge in [0.2, 0.25) is 11.8 Å². The molecule has 3 heterocycles. The van der Waals surface area contributed by atoms with Crippen molar-refractivity contribution in [3.05, 3.63) is 65.2 Å². The summed E-state index contributed by atoms with van der Waals surface area (Å²) in [4.78, 5) is 28.9. The van der Waals surface area contributed by atoms with Gasteiger partial charge >= 0.3 is 0 Å². The molecule has 31 heavy (non-hydrogen) atoms. The van der Waals surface area contributed by atoms with Crippen LogP contribution >= 0.6 is 0 Å². The summed E-state index contributed by atoms with van der Waals surface area (Å²) in [6.45, 7) is 3.95. The first-order chi connectivity index (χ1) is 15.1. The van der Waals surface area contributed by atoms with Gasteiger partial charge in [-0.05, 0) is 80.4 Å². The largest absolute Gasteiger partial charge is 0.361 e. The molecule has 6 rings (SSSR count). The van der Waals surface area contributed by atoms with E-state index in [4.69, 9.17) is 0 Å². The maximum Gasteiger partial charge on any atom is 0.232 e. The second-order valence-corrected chi connectivity index (χ2v) is 9.79. The van der Waals surface area contributed by atoms with Crippen LogP contribution in [-0.4, -0.2) is 36.5 Å². The Morgan fingerprint density at radius 2 is 1.71 bits per heavy atom. The minimum atomic E-state index is -0.304. The van der Waals surface area contributed by atoms with Crippen LogP contribution < -0.4 is 15.5 Å². The number of para-hydroxylation sites is 1. The van der Waals surface area contributed by atoms with Crippen LogP contribution in [0.25, 0.3) is 0 Å². The molecular formula is C26H29N3O2. The van der Waals surface area contributed by atoms with Gasteiger partial charge in [-0.1, -0.05) is 36.4 Å². The number of nitrogens with zero attached hydrogens (tertiary/aromatic N) is 1. The number of nitrogens with one attached hydrogen (secondary N) is 2. The van der Waals surface area contributed by atoms with Gasteiger partial charge in [0, 0.05) is 11.7 Å². The van der Waals surface area contributed by atoms with Crippen LogP contribution in [0.5, 0.6) is 0 Å². The fourth-order valence-electron chi connectivity index (χ4n) is 7.17. The Kier molecular flexibility index (Phi) is 4.26. The molecule has 4 unspecified atom stereocenters. The molecule has 0 saturated carbocycles. The fraction of sp³-hybridized carbons (Fsp3) is 0.462. The number of amides is 2. The van der Waals surface area contributed by atoms with Crippen molar-refractivity contribution < 1.29 is 9.59 Å². The van der Waals surface area contributed by atoms with Crippen LogP contribution in [0.2, 0.25) is 0 Å². The molecule has 2 N–H and O–H groups in total. The Hall–Kier alpha value is -2.66. The van der Waals surface area contributed by atoms with E-state index in [2.05, 4.69) is 64.9 Å². The van der Waals surface area contributed by atoms with Gasteiger partial charge in [-0.15, -0.1) is 0 Å². The van der Waals surface area contributed by atoms with Crippen LogP contribution in [0.1, 0.15) is 29.5 Å². The number of carbonyl (C=O) groups is 2. The van der Waals surface area contributed by atoms with Crippen LogP contribution in [-0.2, 0) is 22.4 Å². The summed E-state index contributed by atoms with van der Waals surface area (Å²) in [5.74, 6) is -0.340. The Morgan fingerprint density at radius 3 is 2.45 bits per heavy atom. The molecule has 2 aromatic carbocycles. The quantitative estimate of drug-likeness (QED) is 0.741. The Morgan fingerprint density at radius 1 is 0.935 bits per heavy atom. The van der Waals surface area contributed by atoms with Crippen molar-refractivity contribution in [2.24, 2.45) is 17.8 Å². The van der Waals surface area contributed by atoms with Crippen LogP contribution in [0.15, 0.2) is 48.5 Å². The lowest BCUT2D eigenvalue weighted by Crippen LogP contribution is -2.59. The lowest BCUT2D eigenvalue weighted by atomic mass is 9.73. The minimum absolute atomic E-state index is 0.0312. The number of piperidine rings is 1.